The van der Waals surface area contributed by atoms with E-state index in [-0.39, 0.29) is 23.6 Å². The number of carbonyl (C=O) groups excluding carboxylic acids is 3. The second-order valence-corrected chi connectivity index (χ2v) is 8.48. The number of hydrogen-bond donors (Lipinski definition) is 2. The van der Waals surface area contributed by atoms with Gasteiger partial charge in [-0.15, -0.1) is 23.1 Å². The first-order chi connectivity index (χ1) is 14.3. The third kappa shape index (κ3) is 3.71. The molecular weight excluding hydrogens is 436 g/mol. The minimum absolute atomic E-state index is 0.184. The van der Waals surface area contributed by atoms with Gasteiger partial charge >= 0.3 is 11.9 Å². The van der Waals surface area contributed by atoms with Gasteiger partial charge in [0.1, 0.15) is 17.7 Å². The van der Waals surface area contributed by atoms with Crippen molar-refractivity contribution in [2.24, 2.45) is 0 Å². The van der Waals surface area contributed by atoms with Gasteiger partial charge in [0.15, 0.2) is 6.10 Å². The standard InChI is InChI=1S/C18H20N2O8S2/c1-9(21)28-7-10-8-30-17-18(27-3,16(25)20(17)12(10)15(23)24)19-14(22)13(26-2)11-5-4-6-29-11/h4-6,13,17H,7-8H2,1-3H3,(H,19,22)(H,23,24)/t13-,17?,18?/m0/s1. The zero-order chi connectivity index (χ0) is 22.1. The lowest BCUT2D eigenvalue weighted by Crippen LogP contribution is -2.81. The van der Waals surface area contributed by atoms with Crippen LogP contribution in [0.25, 0.3) is 0 Å². The molecule has 162 valence electrons. The predicted molar refractivity (Wildman–Crippen MR) is 106 cm³/mol. The van der Waals surface area contributed by atoms with E-state index in [1.165, 1.54) is 44.2 Å². The molecule has 2 aliphatic rings. The lowest BCUT2D eigenvalue weighted by atomic mass is 9.97. The van der Waals surface area contributed by atoms with Crippen molar-refractivity contribution in [1.82, 2.24) is 10.2 Å². The highest BCUT2D eigenvalue weighted by Crippen LogP contribution is 2.47. The van der Waals surface area contributed by atoms with Crippen molar-refractivity contribution in [3.8, 4) is 0 Å². The van der Waals surface area contributed by atoms with E-state index >= 15 is 0 Å². The summed E-state index contributed by atoms with van der Waals surface area (Å²) in [4.78, 5) is 50.5. The number of rotatable bonds is 8. The maximum absolute atomic E-state index is 13.0. The predicted octanol–water partition coefficient (Wildman–Crippen LogP) is 0.711. The van der Waals surface area contributed by atoms with Crippen molar-refractivity contribution >= 4 is 46.9 Å². The summed E-state index contributed by atoms with van der Waals surface area (Å²) in [6, 6.07) is 3.50. The SMILES string of the molecule is CO[C@H](C(=O)NC1(OC)C(=O)N2C(C(=O)O)=C(COC(C)=O)CSC21)c1cccs1. The first-order valence-corrected chi connectivity index (χ1v) is 10.7. The molecule has 2 N–H and O–H groups in total. The zero-order valence-corrected chi connectivity index (χ0v) is 18.0. The Morgan fingerprint density at radius 2 is 2.13 bits per heavy atom. The molecule has 0 bridgehead atoms. The summed E-state index contributed by atoms with van der Waals surface area (Å²) in [6.45, 7) is 0.969. The van der Waals surface area contributed by atoms with Crippen LogP contribution in [0.4, 0.5) is 0 Å². The number of methoxy groups -OCH3 is 2. The van der Waals surface area contributed by atoms with Gasteiger partial charge < -0.3 is 24.6 Å². The molecule has 12 heteroatoms. The van der Waals surface area contributed by atoms with Crippen LogP contribution >= 0.6 is 23.1 Å². The first-order valence-electron chi connectivity index (χ1n) is 8.74. The van der Waals surface area contributed by atoms with E-state index in [4.69, 9.17) is 14.2 Å². The highest BCUT2D eigenvalue weighted by Gasteiger charge is 2.67. The normalized spacial score (nSPS) is 24.0. The third-order valence-corrected chi connectivity index (χ3v) is 6.96. The summed E-state index contributed by atoms with van der Waals surface area (Å²) >= 11 is 2.53. The molecule has 1 aromatic rings. The largest absolute Gasteiger partial charge is 0.477 e. The number of thioether (sulfide) groups is 1. The van der Waals surface area contributed by atoms with Crippen molar-refractivity contribution in [3.05, 3.63) is 33.7 Å². The van der Waals surface area contributed by atoms with Crippen molar-refractivity contribution in [1.29, 1.82) is 0 Å². The number of nitrogens with one attached hydrogen (secondary N) is 1. The molecule has 0 saturated carbocycles. The van der Waals surface area contributed by atoms with Crippen LogP contribution < -0.4 is 5.32 Å². The monoisotopic (exact) mass is 456 g/mol. The molecule has 10 nitrogen and oxygen atoms in total. The van der Waals surface area contributed by atoms with E-state index in [2.05, 4.69) is 5.32 Å². The second kappa shape index (κ2) is 8.76. The Balaban J connectivity index is 1.86. The molecule has 30 heavy (non-hydrogen) atoms. The lowest BCUT2D eigenvalue weighted by molar-refractivity contribution is -0.194. The molecule has 3 rings (SSSR count). The molecule has 3 atom stereocenters. The highest BCUT2D eigenvalue weighted by atomic mass is 32.2. The average molecular weight is 456 g/mol. The number of carboxylic acids is 1. The maximum atomic E-state index is 13.0. The van der Waals surface area contributed by atoms with E-state index in [0.29, 0.717) is 4.88 Å². The molecule has 1 fully saturated rings. The highest BCUT2D eigenvalue weighted by molar-refractivity contribution is 8.00. The number of fused-ring (bicyclic) bond motifs is 1. The number of β-lactam (4-membered cyclic amide) rings is 1. The van der Waals surface area contributed by atoms with E-state index in [9.17, 15) is 24.3 Å². The minimum Gasteiger partial charge on any atom is -0.477 e. The first kappa shape index (κ1) is 22.3. The van der Waals surface area contributed by atoms with E-state index < -0.39 is 41.0 Å². The van der Waals surface area contributed by atoms with Gasteiger partial charge in [0.05, 0.1) is 0 Å². The number of carboxylic acid groups (broad SMARTS) is 1. The van der Waals surface area contributed by atoms with Gasteiger partial charge in [0.25, 0.3) is 17.5 Å². The molecule has 1 saturated heterocycles. The Bertz CT molecular complexity index is 900. The van der Waals surface area contributed by atoms with Gasteiger partial charge in [-0.1, -0.05) is 6.07 Å². The average Bonchev–Trinajstić information content (AvgIpc) is 3.24. The van der Waals surface area contributed by atoms with Gasteiger partial charge in [-0.3, -0.25) is 19.3 Å². The summed E-state index contributed by atoms with van der Waals surface area (Å²) in [7, 11) is 2.64. The van der Waals surface area contributed by atoms with E-state index in [0.717, 1.165) is 4.90 Å². The Kier molecular flexibility index (Phi) is 6.50. The molecule has 2 unspecified atom stereocenters. The van der Waals surface area contributed by atoms with Crippen molar-refractivity contribution in [2.45, 2.75) is 24.1 Å². The fourth-order valence-corrected chi connectivity index (χ4v) is 5.50. The Morgan fingerprint density at radius 3 is 2.67 bits per heavy atom. The lowest BCUT2D eigenvalue weighted by Gasteiger charge is -2.55. The van der Waals surface area contributed by atoms with Crippen LogP contribution in [0, 0.1) is 0 Å². The van der Waals surface area contributed by atoms with E-state index in [1.807, 2.05) is 0 Å². The molecule has 2 amide bonds. The molecule has 0 radical (unpaired) electrons. The number of ether oxygens (including phenoxy) is 3. The Hall–Kier alpha value is -2.41. The fraction of sp³-hybridized carbons (Fsp3) is 0.444. The molecular formula is C18H20N2O8S2. The van der Waals surface area contributed by atoms with Crippen LogP contribution in [0.15, 0.2) is 28.8 Å². The number of nitrogens with zero attached hydrogens (tertiary/aromatic N) is 1. The molecule has 1 aromatic heterocycles. The molecule has 2 aliphatic heterocycles. The number of thiophene rings is 1. The van der Waals surface area contributed by atoms with Crippen molar-refractivity contribution < 1.29 is 38.5 Å². The minimum atomic E-state index is -1.73. The maximum Gasteiger partial charge on any atom is 0.352 e. The van der Waals surface area contributed by atoms with Gasteiger partial charge in [0.2, 0.25) is 0 Å². The number of amides is 2. The van der Waals surface area contributed by atoms with Crippen LogP contribution in [-0.4, -0.2) is 71.4 Å². The van der Waals surface area contributed by atoms with Crippen LogP contribution in [0.1, 0.15) is 17.9 Å². The fourth-order valence-electron chi connectivity index (χ4n) is 3.28. The summed E-state index contributed by atoms with van der Waals surface area (Å²) in [5.74, 6) is -3.02. The smallest absolute Gasteiger partial charge is 0.352 e. The summed E-state index contributed by atoms with van der Waals surface area (Å²) in [5, 5.41) is 13.2. The number of hydrogen-bond acceptors (Lipinski definition) is 9. The summed E-state index contributed by atoms with van der Waals surface area (Å²) in [6.07, 6.45) is -0.943. The quantitative estimate of drug-likeness (QED) is 0.330. The number of esters is 1. The summed E-state index contributed by atoms with van der Waals surface area (Å²) < 4.78 is 15.6. The third-order valence-electron chi connectivity index (χ3n) is 4.67. The topological polar surface area (TPSA) is 131 Å². The molecule has 0 aromatic carbocycles. The summed E-state index contributed by atoms with van der Waals surface area (Å²) in [5.41, 5.74) is -1.71. The zero-order valence-electron chi connectivity index (χ0n) is 16.4. The molecule has 3 heterocycles. The van der Waals surface area contributed by atoms with Crippen molar-refractivity contribution in [3.63, 3.8) is 0 Å². The van der Waals surface area contributed by atoms with Gasteiger partial charge in [0, 0.05) is 37.3 Å². The Labute approximate surface area is 180 Å². The van der Waals surface area contributed by atoms with E-state index in [1.54, 1.807) is 17.5 Å². The number of carbonyl (C=O) groups is 4. The van der Waals surface area contributed by atoms with Crippen LogP contribution in [0.5, 0.6) is 0 Å². The van der Waals surface area contributed by atoms with Crippen molar-refractivity contribution in [2.75, 3.05) is 26.6 Å². The number of aliphatic carboxylic acids is 1. The van der Waals surface area contributed by atoms with Crippen LogP contribution in [0.3, 0.4) is 0 Å². The van der Waals surface area contributed by atoms with Gasteiger partial charge in [-0.2, -0.15) is 0 Å². The second-order valence-electron chi connectivity index (χ2n) is 6.44. The van der Waals surface area contributed by atoms with Crippen LogP contribution in [0.2, 0.25) is 0 Å². The molecule has 0 aliphatic carbocycles. The Morgan fingerprint density at radius 1 is 1.40 bits per heavy atom. The van der Waals surface area contributed by atoms with Gasteiger partial charge in [-0.05, 0) is 11.4 Å². The van der Waals surface area contributed by atoms with Crippen LogP contribution in [-0.2, 0) is 33.4 Å². The van der Waals surface area contributed by atoms with Gasteiger partial charge in [-0.25, -0.2) is 4.79 Å². The molecule has 0 spiro atoms.